The maximum absolute atomic E-state index is 12.2. The molecule has 2 aromatic carbocycles. The second-order valence-electron chi connectivity index (χ2n) is 11.7. The monoisotopic (exact) mass is 526 g/mol. The predicted octanol–water partition coefficient (Wildman–Crippen LogP) is 6.27. The molecule has 0 saturated heterocycles. The molecule has 5 rings (SSSR count). The van der Waals surface area contributed by atoms with Crippen molar-refractivity contribution < 1.29 is 9.84 Å². The van der Waals surface area contributed by atoms with E-state index >= 15 is 0 Å². The normalized spacial score (nSPS) is 32.2. The molecule has 1 N–H and O–H groups in total. The van der Waals surface area contributed by atoms with Crippen LogP contribution in [-0.4, -0.2) is 32.8 Å². The first kappa shape index (κ1) is 24.4. The average molecular weight is 526 g/mol. The van der Waals surface area contributed by atoms with Crippen LogP contribution in [0.5, 0.6) is 5.75 Å². The first-order valence-corrected chi connectivity index (χ1v) is 15.3. The third kappa shape index (κ3) is 3.53. The second kappa shape index (κ2) is 8.68. The van der Waals surface area contributed by atoms with Gasteiger partial charge in [-0.25, -0.2) is 0 Å². The summed E-state index contributed by atoms with van der Waals surface area (Å²) in [5.41, 5.74) is 9.85. The molecule has 0 aliphatic heterocycles. The number of ether oxygens (including phenoxy) is 1. The Balaban J connectivity index is 1.39. The van der Waals surface area contributed by atoms with Crippen LogP contribution in [0, 0.1) is 51.9 Å². The Hall–Kier alpha value is -1.28. The number of hydrogen-bond acceptors (Lipinski definition) is 2. The topological polar surface area (TPSA) is 29.5 Å². The van der Waals surface area contributed by atoms with E-state index in [2.05, 4.69) is 59.7 Å². The molecule has 184 valence electrons. The molecule has 5 atom stereocenters. The molecule has 0 spiro atoms. The summed E-state index contributed by atoms with van der Waals surface area (Å²) >= 11 is 0.302. The van der Waals surface area contributed by atoms with E-state index in [4.69, 9.17) is 4.74 Å². The van der Waals surface area contributed by atoms with Crippen LogP contribution in [0.25, 0.3) is 0 Å². The van der Waals surface area contributed by atoms with Crippen LogP contribution in [0.15, 0.2) is 18.2 Å². The Morgan fingerprint density at radius 2 is 1.62 bits per heavy atom. The van der Waals surface area contributed by atoms with Crippen molar-refractivity contribution in [2.24, 2.45) is 17.3 Å². The van der Waals surface area contributed by atoms with E-state index < -0.39 is 5.60 Å². The van der Waals surface area contributed by atoms with Crippen LogP contribution in [0.2, 0.25) is 5.32 Å². The Morgan fingerprint density at radius 1 is 0.941 bits per heavy atom. The Bertz CT molecular complexity index is 1090. The molecule has 34 heavy (non-hydrogen) atoms. The average Bonchev–Trinajstić information content (AvgIpc) is 3.11. The molecule has 1 unspecified atom stereocenters. The van der Waals surface area contributed by atoms with Gasteiger partial charge in [0.1, 0.15) is 0 Å². The fourth-order valence-corrected chi connectivity index (χ4v) is 11.3. The SMILES string of the molecule is COc1ccc2c(c1)CC[C@@H]1[C@@H]2CC[C@@]2(C)[C@H]1CCC2(O)C[Se]c1c(C)c(C)c(C)c(C)c1C. The van der Waals surface area contributed by atoms with Crippen LogP contribution in [-0.2, 0) is 6.42 Å². The molecule has 0 heterocycles. The number of aryl methyl sites for hydroxylation is 1. The first-order valence-electron chi connectivity index (χ1n) is 13.2. The van der Waals surface area contributed by atoms with Gasteiger partial charge in [-0.15, -0.1) is 0 Å². The third-order valence-corrected chi connectivity index (χ3v) is 13.8. The van der Waals surface area contributed by atoms with Crippen molar-refractivity contribution in [3.63, 3.8) is 0 Å². The van der Waals surface area contributed by atoms with Gasteiger partial charge in [-0.05, 0) is 0 Å². The number of hydrogen-bond donors (Lipinski definition) is 1. The van der Waals surface area contributed by atoms with Gasteiger partial charge in [0.05, 0.1) is 0 Å². The van der Waals surface area contributed by atoms with Crippen molar-refractivity contribution in [2.75, 3.05) is 7.11 Å². The summed E-state index contributed by atoms with van der Waals surface area (Å²) in [6.07, 6.45) is 6.97. The summed E-state index contributed by atoms with van der Waals surface area (Å²) in [6.45, 7) is 13.9. The van der Waals surface area contributed by atoms with E-state index in [0.717, 1.165) is 30.3 Å². The Labute approximate surface area is 213 Å². The first-order chi connectivity index (χ1) is 16.1. The van der Waals surface area contributed by atoms with Crippen LogP contribution in [0.1, 0.15) is 83.9 Å². The molecule has 3 aliphatic carbocycles. The molecule has 2 nitrogen and oxygen atoms in total. The number of rotatable bonds is 4. The summed E-state index contributed by atoms with van der Waals surface area (Å²) in [5, 5.41) is 13.2. The summed E-state index contributed by atoms with van der Waals surface area (Å²) in [6, 6.07) is 6.76. The van der Waals surface area contributed by atoms with Crippen LogP contribution in [0.4, 0.5) is 0 Å². The minimum atomic E-state index is -0.519. The Kier molecular flexibility index (Phi) is 6.23. The van der Waals surface area contributed by atoms with Crippen LogP contribution < -0.4 is 9.20 Å². The van der Waals surface area contributed by atoms with Gasteiger partial charge in [0, 0.05) is 0 Å². The zero-order valence-electron chi connectivity index (χ0n) is 22.2. The van der Waals surface area contributed by atoms with E-state index in [0.29, 0.717) is 32.7 Å². The van der Waals surface area contributed by atoms with Gasteiger partial charge >= 0.3 is 213 Å². The number of methoxy groups -OCH3 is 1. The zero-order chi connectivity index (χ0) is 24.4. The van der Waals surface area contributed by atoms with Crippen LogP contribution >= 0.6 is 0 Å². The standard InChI is InChI=1S/C31H42O2Se/c1-18-19(2)21(4)29(22(5)20(18)3)34-17-31(32)15-13-28-27-10-8-23-16-24(33-7)9-11-25(23)26(27)12-14-30(28,31)6/h9,11,16,26-28,32H,8,10,12-15,17H2,1-7H3/t26-,27-,28+,30+,31?/m1/s1. The van der Waals surface area contributed by atoms with Gasteiger partial charge in [-0.1, -0.05) is 0 Å². The molecule has 0 amide bonds. The molecule has 3 heteroatoms. The fourth-order valence-electron chi connectivity index (χ4n) is 7.91. The quantitative estimate of drug-likeness (QED) is 0.477. The number of aliphatic hydroxyl groups is 1. The van der Waals surface area contributed by atoms with E-state index in [1.54, 1.807) is 17.1 Å². The van der Waals surface area contributed by atoms with E-state index in [9.17, 15) is 5.11 Å². The van der Waals surface area contributed by atoms with Crippen molar-refractivity contribution in [3.05, 3.63) is 57.1 Å². The van der Waals surface area contributed by atoms with E-state index in [1.807, 2.05) is 0 Å². The summed E-state index contributed by atoms with van der Waals surface area (Å²) in [4.78, 5) is 0. The van der Waals surface area contributed by atoms with Crippen LogP contribution in [0.3, 0.4) is 0 Å². The molecular weight excluding hydrogens is 483 g/mol. The van der Waals surface area contributed by atoms with Crippen molar-refractivity contribution in [3.8, 4) is 5.75 Å². The molecule has 0 radical (unpaired) electrons. The summed E-state index contributed by atoms with van der Waals surface area (Å²) in [5.74, 6) is 3.01. The van der Waals surface area contributed by atoms with Crippen molar-refractivity contribution in [2.45, 2.75) is 96.9 Å². The van der Waals surface area contributed by atoms with Gasteiger partial charge < -0.3 is 0 Å². The second-order valence-corrected chi connectivity index (χ2v) is 13.8. The van der Waals surface area contributed by atoms with E-state index in [-0.39, 0.29) is 5.41 Å². The molecule has 2 aromatic rings. The fraction of sp³-hybridized carbons (Fsp3) is 0.613. The summed E-state index contributed by atoms with van der Waals surface area (Å²) in [7, 11) is 1.77. The van der Waals surface area contributed by atoms with Gasteiger partial charge in [-0.2, -0.15) is 0 Å². The van der Waals surface area contributed by atoms with Crippen molar-refractivity contribution in [1.29, 1.82) is 0 Å². The summed E-state index contributed by atoms with van der Waals surface area (Å²) < 4.78 is 7.04. The molecular formula is C31H42O2Se. The van der Waals surface area contributed by atoms with Gasteiger partial charge in [0.15, 0.2) is 0 Å². The molecule has 2 fully saturated rings. The molecule has 0 bridgehead atoms. The molecule has 3 aliphatic rings. The third-order valence-electron chi connectivity index (χ3n) is 10.6. The number of fused-ring (bicyclic) bond motifs is 5. The minimum absolute atomic E-state index is 0.0521. The predicted molar refractivity (Wildman–Crippen MR) is 143 cm³/mol. The van der Waals surface area contributed by atoms with E-state index in [1.165, 1.54) is 52.6 Å². The number of benzene rings is 2. The van der Waals surface area contributed by atoms with Crippen molar-refractivity contribution >= 4 is 19.4 Å². The molecule has 0 aromatic heterocycles. The van der Waals surface area contributed by atoms with Gasteiger partial charge in [-0.3, -0.25) is 0 Å². The zero-order valence-corrected chi connectivity index (χ0v) is 23.9. The maximum atomic E-state index is 12.2. The molecule has 2 saturated carbocycles. The van der Waals surface area contributed by atoms with Gasteiger partial charge in [0.2, 0.25) is 0 Å². The van der Waals surface area contributed by atoms with Crippen molar-refractivity contribution in [1.82, 2.24) is 0 Å². The van der Waals surface area contributed by atoms with Gasteiger partial charge in [0.25, 0.3) is 0 Å². The Morgan fingerprint density at radius 3 is 2.29 bits per heavy atom.